The van der Waals surface area contributed by atoms with Gasteiger partial charge < -0.3 is 25.8 Å². The van der Waals surface area contributed by atoms with Crippen LogP contribution in [0.5, 0.6) is 5.75 Å². The summed E-state index contributed by atoms with van der Waals surface area (Å²) < 4.78 is 19.2. The lowest BCUT2D eigenvalue weighted by Gasteiger charge is -2.13. The average Bonchev–Trinajstić information content (AvgIpc) is 2.94. The van der Waals surface area contributed by atoms with Crippen molar-refractivity contribution in [3.8, 4) is 5.75 Å². The molecule has 0 unspecified atom stereocenters. The minimum atomic E-state index is -1.13. The summed E-state index contributed by atoms with van der Waals surface area (Å²) in [5, 5.41) is 18.6. The van der Waals surface area contributed by atoms with Crippen LogP contribution in [-0.4, -0.2) is 50.4 Å². The number of hydrogen-bond acceptors (Lipinski definition) is 8. The number of thioether (sulfide) groups is 1. The number of fused-ring (bicyclic) bond motifs is 1. The van der Waals surface area contributed by atoms with Crippen LogP contribution in [0.15, 0.2) is 67.0 Å². The van der Waals surface area contributed by atoms with Crippen molar-refractivity contribution >= 4 is 69.2 Å². The number of benzene rings is 3. The van der Waals surface area contributed by atoms with Gasteiger partial charge in [0.05, 0.1) is 10.5 Å². The van der Waals surface area contributed by atoms with E-state index in [1.54, 1.807) is 48.5 Å². The van der Waals surface area contributed by atoms with Gasteiger partial charge in [-0.15, -0.1) is 0 Å². The van der Waals surface area contributed by atoms with Crippen LogP contribution in [0.2, 0.25) is 5.02 Å². The number of aliphatic carboxylic acids is 1. The first-order valence-corrected chi connectivity index (χ1v) is 14.3. The van der Waals surface area contributed by atoms with Crippen molar-refractivity contribution in [3.05, 3.63) is 83.4 Å². The Morgan fingerprint density at radius 2 is 1.88 bits per heavy atom. The summed E-state index contributed by atoms with van der Waals surface area (Å²) in [7, 11) is 0. The second kappa shape index (κ2) is 14.5. The predicted octanol–water partition coefficient (Wildman–Crippen LogP) is 5.40. The molecule has 10 nitrogen and oxygen atoms in total. The van der Waals surface area contributed by atoms with E-state index in [1.807, 2.05) is 0 Å². The van der Waals surface area contributed by atoms with Crippen molar-refractivity contribution in [2.45, 2.75) is 26.0 Å². The minimum absolute atomic E-state index is 0.147. The molecule has 3 aromatic carbocycles. The van der Waals surface area contributed by atoms with E-state index in [2.05, 4.69) is 25.9 Å². The Morgan fingerprint density at radius 3 is 2.62 bits per heavy atom. The number of carboxylic acid groups (broad SMARTS) is 1. The van der Waals surface area contributed by atoms with E-state index in [1.165, 1.54) is 37.1 Å². The number of nitrogens with one attached hydrogen (secondary N) is 3. The molecule has 1 atom stereocenters. The SMILES string of the molecule is CC(=O)N[C@@H](CSCCC(=O)Nc1ccc2ncnc(Nc3ccc(OCc4cccc(F)c4)c(Cl)c3)c2c1)C(=O)O. The normalized spacial score (nSPS) is 11.5. The monoisotopic (exact) mass is 611 g/mol. The van der Waals surface area contributed by atoms with Crippen molar-refractivity contribution in [1.82, 2.24) is 15.3 Å². The minimum Gasteiger partial charge on any atom is -0.487 e. The van der Waals surface area contributed by atoms with E-state index in [-0.39, 0.29) is 30.5 Å². The summed E-state index contributed by atoms with van der Waals surface area (Å²) >= 11 is 7.69. The molecule has 4 aromatic rings. The predicted molar refractivity (Wildman–Crippen MR) is 161 cm³/mol. The van der Waals surface area contributed by atoms with Crippen LogP contribution < -0.4 is 20.7 Å². The zero-order valence-corrected chi connectivity index (χ0v) is 24.0. The van der Waals surface area contributed by atoms with Gasteiger partial charge in [0, 0.05) is 41.6 Å². The summed E-state index contributed by atoms with van der Waals surface area (Å²) in [6.07, 6.45) is 1.57. The quantitative estimate of drug-likeness (QED) is 0.146. The summed E-state index contributed by atoms with van der Waals surface area (Å²) in [4.78, 5) is 43.5. The first-order chi connectivity index (χ1) is 20.2. The number of rotatable bonds is 13. The van der Waals surface area contributed by atoms with Crippen LogP contribution in [0.25, 0.3) is 10.9 Å². The van der Waals surface area contributed by atoms with E-state index in [0.717, 1.165) is 0 Å². The Hall–Kier alpha value is -4.42. The van der Waals surface area contributed by atoms with Crippen molar-refractivity contribution in [2.75, 3.05) is 22.1 Å². The van der Waals surface area contributed by atoms with Crippen LogP contribution >= 0.6 is 23.4 Å². The van der Waals surface area contributed by atoms with Crippen molar-refractivity contribution in [2.24, 2.45) is 0 Å². The average molecular weight is 612 g/mol. The van der Waals surface area contributed by atoms with Crippen LogP contribution in [0, 0.1) is 5.82 Å². The Labute approximate surface area is 250 Å². The molecule has 1 aromatic heterocycles. The zero-order chi connectivity index (χ0) is 30.1. The van der Waals surface area contributed by atoms with Crippen molar-refractivity contribution in [3.63, 3.8) is 0 Å². The van der Waals surface area contributed by atoms with Gasteiger partial charge in [-0.2, -0.15) is 11.8 Å². The molecule has 0 aliphatic carbocycles. The van der Waals surface area contributed by atoms with Gasteiger partial charge >= 0.3 is 5.97 Å². The van der Waals surface area contributed by atoms with Crippen molar-refractivity contribution < 1.29 is 28.6 Å². The molecule has 0 spiro atoms. The van der Waals surface area contributed by atoms with Crippen molar-refractivity contribution in [1.29, 1.82) is 0 Å². The summed E-state index contributed by atoms with van der Waals surface area (Å²) in [6, 6.07) is 15.5. The first kappa shape index (κ1) is 30.5. The van der Waals surface area contributed by atoms with Gasteiger partial charge in [-0.25, -0.2) is 19.2 Å². The van der Waals surface area contributed by atoms with Gasteiger partial charge in [-0.1, -0.05) is 23.7 Å². The number of carbonyl (C=O) groups is 3. The molecule has 0 aliphatic heterocycles. The highest BCUT2D eigenvalue weighted by Gasteiger charge is 2.18. The highest BCUT2D eigenvalue weighted by molar-refractivity contribution is 7.99. The number of halogens is 2. The molecule has 0 saturated heterocycles. The van der Waals surface area contributed by atoms with Gasteiger partial charge in [-0.05, 0) is 54.1 Å². The largest absolute Gasteiger partial charge is 0.487 e. The van der Waals surface area contributed by atoms with Gasteiger partial charge in [0.25, 0.3) is 0 Å². The number of amides is 2. The molecule has 13 heteroatoms. The number of anilines is 3. The molecule has 218 valence electrons. The third-order valence-electron chi connectivity index (χ3n) is 5.83. The zero-order valence-electron chi connectivity index (χ0n) is 22.4. The van der Waals surface area contributed by atoms with Crippen LogP contribution in [0.3, 0.4) is 0 Å². The maximum Gasteiger partial charge on any atom is 0.327 e. The number of carbonyl (C=O) groups excluding carboxylic acids is 2. The maximum absolute atomic E-state index is 13.4. The summed E-state index contributed by atoms with van der Waals surface area (Å²) in [5.41, 5.74) is 2.51. The first-order valence-electron chi connectivity index (χ1n) is 12.7. The molecule has 0 bridgehead atoms. The molecule has 0 radical (unpaired) electrons. The van der Waals surface area contributed by atoms with Crippen LogP contribution in [-0.2, 0) is 21.0 Å². The highest BCUT2D eigenvalue weighted by Crippen LogP contribution is 2.31. The second-order valence-corrected chi connectivity index (χ2v) is 10.7. The smallest absolute Gasteiger partial charge is 0.327 e. The van der Waals surface area contributed by atoms with Gasteiger partial charge in [0.15, 0.2) is 0 Å². The van der Waals surface area contributed by atoms with E-state index < -0.39 is 17.9 Å². The Bertz CT molecular complexity index is 1610. The lowest BCUT2D eigenvalue weighted by Crippen LogP contribution is -2.41. The third-order valence-corrected chi connectivity index (χ3v) is 7.19. The van der Waals surface area contributed by atoms with Crippen LogP contribution in [0.1, 0.15) is 18.9 Å². The number of aromatic nitrogens is 2. The standard InChI is InChI=1S/C29H27ClFN5O5S/c1-17(37)34-25(29(39)40)15-42-10-9-27(38)35-20-5-7-24-22(12-20)28(33-16-32-24)36-21-6-8-26(23(30)13-21)41-14-18-3-2-4-19(31)11-18/h2-8,11-13,16,25H,9-10,14-15H2,1H3,(H,34,37)(H,35,38)(H,39,40)(H,32,33,36)/t25-/m0/s1. The molecule has 4 N–H and O–H groups in total. The Kier molecular flexibility index (Phi) is 10.5. The molecule has 4 rings (SSSR count). The fourth-order valence-corrected chi connectivity index (χ4v) is 5.06. The fourth-order valence-electron chi connectivity index (χ4n) is 3.86. The summed E-state index contributed by atoms with van der Waals surface area (Å²) in [6.45, 7) is 1.41. The maximum atomic E-state index is 13.4. The number of ether oxygens (including phenoxy) is 1. The molecule has 0 aliphatic rings. The topological polar surface area (TPSA) is 143 Å². The lowest BCUT2D eigenvalue weighted by molar-refractivity contribution is -0.140. The fraction of sp³-hybridized carbons (Fsp3) is 0.207. The third kappa shape index (κ3) is 8.79. The Morgan fingerprint density at radius 1 is 1.07 bits per heavy atom. The lowest BCUT2D eigenvalue weighted by atomic mass is 10.2. The van der Waals surface area contributed by atoms with E-state index >= 15 is 0 Å². The van der Waals surface area contributed by atoms with Gasteiger partial charge in [0.2, 0.25) is 11.8 Å². The van der Waals surface area contributed by atoms with E-state index in [4.69, 9.17) is 16.3 Å². The Balaban J connectivity index is 1.36. The molecule has 1 heterocycles. The van der Waals surface area contributed by atoms with E-state index in [9.17, 15) is 23.9 Å². The molecule has 42 heavy (non-hydrogen) atoms. The number of carboxylic acids is 1. The van der Waals surface area contributed by atoms with Crippen LogP contribution in [0.4, 0.5) is 21.6 Å². The number of hydrogen-bond donors (Lipinski definition) is 4. The van der Waals surface area contributed by atoms with Gasteiger partial charge in [0.1, 0.15) is 36.4 Å². The molecule has 0 saturated carbocycles. The van der Waals surface area contributed by atoms with E-state index in [0.29, 0.717) is 50.2 Å². The molecule has 2 amide bonds. The molecule has 0 fully saturated rings. The number of nitrogens with zero attached hydrogens (tertiary/aromatic N) is 2. The summed E-state index contributed by atoms with van der Waals surface area (Å²) in [5.74, 6) is -0.689. The second-order valence-electron chi connectivity index (χ2n) is 9.11. The highest BCUT2D eigenvalue weighted by atomic mass is 35.5. The molecular formula is C29H27ClFN5O5S. The molecular weight excluding hydrogens is 585 g/mol. The van der Waals surface area contributed by atoms with Gasteiger partial charge in [-0.3, -0.25) is 9.59 Å².